The molecule has 0 aliphatic carbocycles. The second-order valence-corrected chi connectivity index (χ2v) is 8.10. The number of benzene rings is 1. The topological polar surface area (TPSA) is 63.0 Å². The zero-order valence-corrected chi connectivity index (χ0v) is 17.2. The number of piperazine rings is 1. The Morgan fingerprint density at radius 2 is 1.83 bits per heavy atom. The second kappa shape index (κ2) is 7.88. The van der Waals surface area contributed by atoms with E-state index in [1.165, 1.54) is 10.6 Å². The number of fused-ring (bicyclic) bond motifs is 1. The summed E-state index contributed by atoms with van der Waals surface area (Å²) in [7, 11) is 0. The second-order valence-electron chi connectivity index (χ2n) is 7.16. The van der Waals surface area contributed by atoms with Crippen LogP contribution in [0.5, 0.6) is 0 Å². The third-order valence-electron chi connectivity index (χ3n) is 5.37. The highest BCUT2D eigenvalue weighted by Gasteiger charge is 2.22. The number of aryl methyl sites for hydroxylation is 1. The van der Waals surface area contributed by atoms with E-state index in [4.69, 9.17) is 4.98 Å². The average Bonchev–Trinajstić information content (AvgIpc) is 3.42. The maximum Gasteiger partial charge on any atom is 0.165 e. The van der Waals surface area contributed by atoms with E-state index in [9.17, 15) is 0 Å². The fourth-order valence-electron chi connectivity index (χ4n) is 3.77. The Morgan fingerprint density at radius 1 is 1.00 bits per heavy atom. The van der Waals surface area contributed by atoms with E-state index < -0.39 is 0 Å². The van der Waals surface area contributed by atoms with Gasteiger partial charge in [-0.05, 0) is 6.92 Å². The van der Waals surface area contributed by atoms with Crippen molar-refractivity contribution in [3.63, 3.8) is 0 Å². The summed E-state index contributed by atoms with van der Waals surface area (Å²) in [6.45, 7) is 7.70. The molecule has 29 heavy (non-hydrogen) atoms. The summed E-state index contributed by atoms with van der Waals surface area (Å²) in [5, 5.41) is 3.33. The molecule has 0 spiro atoms. The zero-order valence-electron chi connectivity index (χ0n) is 16.4. The summed E-state index contributed by atoms with van der Waals surface area (Å²) in [4.78, 5) is 23.1. The molecule has 0 bridgehead atoms. The summed E-state index contributed by atoms with van der Waals surface area (Å²) in [5.74, 6) is 0.947. The molecule has 1 fully saturated rings. The molecule has 4 heterocycles. The summed E-state index contributed by atoms with van der Waals surface area (Å²) >= 11 is 1.74. The minimum absolute atomic E-state index is 0.861. The van der Waals surface area contributed by atoms with Crippen molar-refractivity contribution in [2.24, 2.45) is 0 Å². The highest BCUT2D eigenvalue weighted by atomic mass is 32.1. The van der Waals surface area contributed by atoms with Crippen molar-refractivity contribution >= 4 is 28.3 Å². The monoisotopic (exact) mass is 405 g/mol. The van der Waals surface area contributed by atoms with Crippen molar-refractivity contribution in [2.45, 2.75) is 20.0 Å². The van der Waals surface area contributed by atoms with Gasteiger partial charge in [-0.15, -0.1) is 11.3 Å². The lowest BCUT2D eigenvalue weighted by Gasteiger charge is -2.34. The van der Waals surface area contributed by atoms with Gasteiger partial charge in [-0.3, -0.25) is 4.90 Å². The van der Waals surface area contributed by atoms with Gasteiger partial charge >= 0.3 is 0 Å². The Morgan fingerprint density at radius 3 is 2.62 bits per heavy atom. The highest BCUT2D eigenvalue weighted by Crippen LogP contribution is 2.25. The van der Waals surface area contributed by atoms with E-state index in [2.05, 4.69) is 65.9 Å². The number of imidazole rings is 1. The normalized spacial score (nSPS) is 15.3. The molecular formula is C21H23N7S. The van der Waals surface area contributed by atoms with Gasteiger partial charge in [0.15, 0.2) is 17.0 Å². The fraction of sp³-hybridized carbons (Fsp3) is 0.333. The van der Waals surface area contributed by atoms with Crippen molar-refractivity contribution in [3.8, 4) is 11.3 Å². The lowest BCUT2D eigenvalue weighted by Crippen LogP contribution is -2.46. The first-order valence-electron chi connectivity index (χ1n) is 9.95. The first kappa shape index (κ1) is 18.2. The van der Waals surface area contributed by atoms with Crippen molar-refractivity contribution in [2.75, 3.05) is 31.1 Å². The molecule has 3 aromatic heterocycles. The number of rotatable bonds is 5. The Hall–Kier alpha value is -2.84. The van der Waals surface area contributed by atoms with Gasteiger partial charge in [0.25, 0.3) is 0 Å². The molecule has 4 aromatic rings. The Balaban J connectivity index is 1.25. The van der Waals surface area contributed by atoms with Gasteiger partial charge in [-0.25, -0.2) is 19.9 Å². The quantitative estimate of drug-likeness (QED) is 0.508. The van der Waals surface area contributed by atoms with Gasteiger partial charge in [-0.2, -0.15) is 0 Å². The molecule has 0 radical (unpaired) electrons. The van der Waals surface area contributed by atoms with Crippen LogP contribution < -0.4 is 4.90 Å². The third-order valence-corrected chi connectivity index (χ3v) is 6.21. The Labute approximate surface area is 173 Å². The van der Waals surface area contributed by atoms with Crippen LogP contribution in [0.2, 0.25) is 0 Å². The molecule has 0 saturated carbocycles. The molecule has 148 valence electrons. The molecule has 7 nitrogen and oxygen atoms in total. The first-order chi connectivity index (χ1) is 14.3. The predicted molar refractivity (Wildman–Crippen MR) is 116 cm³/mol. The lowest BCUT2D eigenvalue weighted by molar-refractivity contribution is 0.249. The lowest BCUT2D eigenvalue weighted by atomic mass is 10.2. The molecule has 0 amide bonds. The highest BCUT2D eigenvalue weighted by molar-refractivity contribution is 7.09. The van der Waals surface area contributed by atoms with E-state index >= 15 is 0 Å². The van der Waals surface area contributed by atoms with Crippen molar-refractivity contribution in [1.29, 1.82) is 0 Å². The number of anilines is 1. The maximum absolute atomic E-state index is 4.83. The fourth-order valence-corrected chi connectivity index (χ4v) is 4.61. The summed E-state index contributed by atoms with van der Waals surface area (Å²) in [6, 6.07) is 10.4. The average molecular weight is 406 g/mol. The number of thiazole rings is 1. The molecule has 1 aliphatic heterocycles. The van der Waals surface area contributed by atoms with E-state index in [1.54, 1.807) is 17.7 Å². The number of hydrogen-bond donors (Lipinski definition) is 0. The van der Waals surface area contributed by atoms with E-state index in [-0.39, 0.29) is 0 Å². The van der Waals surface area contributed by atoms with Crippen molar-refractivity contribution in [1.82, 2.24) is 29.4 Å². The maximum atomic E-state index is 4.83. The van der Waals surface area contributed by atoms with Gasteiger partial charge in [-0.1, -0.05) is 30.3 Å². The van der Waals surface area contributed by atoms with E-state index in [1.807, 2.05) is 12.4 Å². The Bertz CT molecular complexity index is 1100. The van der Waals surface area contributed by atoms with Crippen LogP contribution in [0.1, 0.15) is 11.9 Å². The van der Waals surface area contributed by atoms with Crippen molar-refractivity contribution in [3.05, 3.63) is 53.4 Å². The van der Waals surface area contributed by atoms with Crippen LogP contribution in [-0.4, -0.2) is 55.6 Å². The van der Waals surface area contributed by atoms with Crippen LogP contribution in [0.15, 0.2) is 48.4 Å². The minimum atomic E-state index is 0.861. The number of hydrogen-bond acceptors (Lipinski definition) is 7. The van der Waals surface area contributed by atoms with Gasteiger partial charge in [0.05, 0.1) is 18.6 Å². The van der Waals surface area contributed by atoms with Gasteiger partial charge < -0.3 is 9.47 Å². The van der Waals surface area contributed by atoms with Crippen LogP contribution in [0, 0.1) is 0 Å². The van der Waals surface area contributed by atoms with Gasteiger partial charge in [0, 0.05) is 43.7 Å². The summed E-state index contributed by atoms with van der Waals surface area (Å²) in [5.41, 5.74) is 4.06. The summed E-state index contributed by atoms with van der Waals surface area (Å²) < 4.78 is 2.06. The van der Waals surface area contributed by atoms with Crippen LogP contribution in [0.4, 0.5) is 5.82 Å². The van der Waals surface area contributed by atoms with Gasteiger partial charge in [0.1, 0.15) is 11.3 Å². The first-order valence-corrected chi connectivity index (χ1v) is 10.8. The minimum Gasteiger partial charge on any atom is -0.352 e. The molecular weight excluding hydrogens is 382 g/mol. The molecule has 5 rings (SSSR count). The van der Waals surface area contributed by atoms with Crippen LogP contribution in [-0.2, 0) is 13.1 Å². The van der Waals surface area contributed by atoms with Crippen LogP contribution in [0.3, 0.4) is 0 Å². The van der Waals surface area contributed by atoms with Gasteiger partial charge in [0.2, 0.25) is 0 Å². The van der Waals surface area contributed by atoms with Crippen molar-refractivity contribution < 1.29 is 0 Å². The van der Waals surface area contributed by atoms with E-state index in [0.717, 1.165) is 61.9 Å². The molecule has 1 aliphatic rings. The van der Waals surface area contributed by atoms with Crippen LogP contribution in [0.25, 0.3) is 22.4 Å². The van der Waals surface area contributed by atoms with Crippen LogP contribution >= 0.6 is 11.3 Å². The standard InChI is InChI=1S/C21H23N7S/c1-2-27-15-24-19-20(27)22-14-23-21(19)28-10-8-26(9-11-28)12-18-25-17(13-29-18)16-6-4-3-5-7-16/h3-7,13-15H,2,8-12H2,1H3. The third kappa shape index (κ3) is 3.61. The number of aromatic nitrogens is 5. The SMILES string of the molecule is CCn1cnc2c(N3CCN(Cc4nc(-c5ccccc5)cs4)CC3)ncnc21. The predicted octanol–water partition coefficient (Wildman–Crippen LogP) is 3.29. The molecule has 0 N–H and O–H groups in total. The zero-order chi connectivity index (χ0) is 19.6. The van der Waals surface area contributed by atoms with E-state index in [0.29, 0.717) is 0 Å². The summed E-state index contributed by atoms with van der Waals surface area (Å²) in [6.07, 6.45) is 3.50. The number of nitrogens with zero attached hydrogens (tertiary/aromatic N) is 7. The molecule has 0 atom stereocenters. The molecule has 8 heteroatoms. The molecule has 0 unspecified atom stereocenters. The smallest absolute Gasteiger partial charge is 0.165 e. The molecule has 1 aromatic carbocycles. The largest absolute Gasteiger partial charge is 0.352 e. The Kier molecular flexibility index (Phi) is 4.95. The molecule has 1 saturated heterocycles.